The van der Waals surface area contributed by atoms with Gasteiger partial charge in [-0.05, 0) is 0 Å². The molecule has 0 fully saturated rings. The van der Waals surface area contributed by atoms with Gasteiger partial charge < -0.3 is 0 Å². The summed E-state index contributed by atoms with van der Waals surface area (Å²) in [5.74, 6) is 0. The molecule has 0 atom stereocenters. The van der Waals surface area contributed by atoms with Crippen molar-refractivity contribution in [3.8, 4) is 0 Å². The average Bonchev–Trinajstić information content (AvgIpc) is 3.42. The third-order valence-corrected chi connectivity index (χ3v) is 21.1. The number of benzene rings is 3. The van der Waals surface area contributed by atoms with Gasteiger partial charge in [-0.25, -0.2) is 0 Å². The van der Waals surface area contributed by atoms with Crippen molar-refractivity contribution in [2.45, 2.75) is 0 Å². The van der Waals surface area contributed by atoms with E-state index < -0.39 is 40.4 Å². The van der Waals surface area contributed by atoms with E-state index >= 15 is 0 Å². The van der Waals surface area contributed by atoms with Gasteiger partial charge in [-0.2, -0.15) is 0 Å². The van der Waals surface area contributed by atoms with Gasteiger partial charge in [-0.15, -0.1) is 0 Å². The molecule has 0 amide bonds. The molecule has 0 unspecified atom stereocenters. The van der Waals surface area contributed by atoms with Gasteiger partial charge in [-0.1, -0.05) is 0 Å². The van der Waals surface area contributed by atoms with Crippen molar-refractivity contribution >= 4 is 70.7 Å². The molecule has 0 saturated heterocycles. The first-order valence-corrected chi connectivity index (χ1v) is 19.0. The monoisotopic (exact) mass is 622 g/mol. The molecule has 0 aromatic heterocycles. The summed E-state index contributed by atoms with van der Waals surface area (Å²) in [5.41, 5.74) is 8.55. The molecule has 2 heteroatoms. The van der Waals surface area contributed by atoms with Crippen LogP contribution in [0.15, 0.2) is 112 Å². The van der Waals surface area contributed by atoms with Crippen LogP contribution < -0.4 is 7.02 Å². The Kier molecular flexibility index (Phi) is 4.60. The van der Waals surface area contributed by atoms with Gasteiger partial charge >= 0.3 is 205 Å². The van der Waals surface area contributed by atoms with Gasteiger partial charge in [0.25, 0.3) is 0 Å². The van der Waals surface area contributed by atoms with Gasteiger partial charge in [0.05, 0.1) is 0 Å². The molecule has 4 aliphatic rings. The predicted octanol–water partition coefficient (Wildman–Crippen LogP) is 5.35. The molecule has 0 bridgehead atoms. The van der Waals surface area contributed by atoms with Crippen molar-refractivity contribution in [1.82, 2.24) is 0 Å². The summed E-state index contributed by atoms with van der Waals surface area (Å²) in [6.07, 6.45) is 14.3. The number of hydrogen-bond acceptors (Lipinski definition) is 0. The van der Waals surface area contributed by atoms with E-state index in [2.05, 4.69) is 117 Å². The minimum atomic E-state index is -1.99. The fraction of sp³-hybridized carbons (Fsp3) is 0. The fourth-order valence-corrected chi connectivity index (χ4v) is 21.5. The van der Waals surface area contributed by atoms with Gasteiger partial charge in [0, 0.05) is 0 Å². The Labute approximate surface area is 203 Å². The van der Waals surface area contributed by atoms with Crippen LogP contribution in [0.25, 0.3) is 23.3 Å². The normalized spacial score (nSPS) is 18.2. The van der Waals surface area contributed by atoms with Gasteiger partial charge in [0.1, 0.15) is 0 Å². The first-order chi connectivity index (χ1) is 15.9. The van der Waals surface area contributed by atoms with Crippen molar-refractivity contribution in [3.05, 3.63) is 134 Å². The van der Waals surface area contributed by atoms with E-state index in [0.717, 1.165) is 0 Å². The van der Waals surface area contributed by atoms with E-state index in [0.29, 0.717) is 0 Å². The van der Waals surface area contributed by atoms with E-state index in [1.54, 1.807) is 14.1 Å². The van der Waals surface area contributed by atoms with Gasteiger partial charge in [0.2, 0.25) is 0 Å². The molecule has 0 saturated carbocycles. The molecule has 0 N–H and O–H groups in total. The quantitative estimate of drug-likeness (QED) is 0.338. The Hall–Kier alpha value is -2.26. The second-order valence-electron chi connectivity index (χ2n) is 8.31. The molecular weight excluding hydrogens is 604 g/mol. The molecule has 2 heterocycles. The van der Waals surface area contributed by atoms with Crippen LogP contribution in [-0.2, 0) is 0 Å². The first kappa shape index (κ1) is 19.2. The van der Waals surface area contributed by atoms with Crippen LogP contribution in [0, 0.1) is 0 Å². The minimum absolute atomic E-state index is 1.39. The molecule has 0 nitrogen and oxygen atoms in total. The van der Waals surface area contributed by atoms with Crippen LogP contribution in [0.2, 0.25) is 0 Å². The average molecular weight is 624 g/mol. The Bertz CT molecular complexity index is 1360. The molecule has 0 radical (unpaired) electrons. The second kappa shape index (κ2) is 7.66. The molecule has 32 heavy (non-hydrogen) atoms. The van der Waals surface area contributed by atoms with Gasteiger partial charge in [-0.3, -0.25) is 0 Å². The third-order valence-electron chi connectivity index (χ3n) is 6.55. The van der Waals surface area contributed by atoms with Crippen molar-refractivity contribution in [1.29, 1.82) is 0 Å². The van der Waals surface area contributed by atoms with E-state index in [9.17, 15) is 0 Å². The van der Waals surface area contributed by atoms with Crippen LogP contribution >= 0.6 is 0 Å². The van der Waals surface area contributed by atoms with Crippen molar-refractivity contribution < 1.29 is 0 Å². The Balaban J connectivity index is 1.34. The van der Waals surface area contributed by atoms with Crippen LogP contribution in [0.1, 0.15) is 22.3 Å². The predicted molar refractivity (Wildman–Crippen MR) is 140 cm³/mol. The zero-order valence-corrected chi connectivity index (χ0v) is 22.5. The van der Waals surface area contributed by atoms with E-state index in [1.807, 2.05) is 0 Å². The molecule has 3 aromatic carbocycles. The van der Waals surface area contributed by atoms with Crippen LogP contribution in [0.4, 0.5) is 0 Å². The topological polar surface area (TPSA) is 0 Å². The number of rotatable bonds is 2. The van der Waals surface area contributed by atoms with Crippen molar-refractivity contribution in [3.63, 3.8) is 0 Å². The van der Waals surface area contributed by atoms with Crippen LogP contribution in [0.3, 0.4) is 0 Å². The fourth-order valence-electron chi connectivity index (χ4n) is 5.11. The standard InChI is InChI=1S/2C12H8.C6H4.2Sb/c2*1-2-5-10-8-9-11-6-3-4-7-12(10)11;1-2-4-6-5-3-1;;/h2*1-7,9H;1-4H;;. The summed E-state index contributed by atoms with van der Waals surface area (Å²) in [6.45, 7) is 0. The Morgan fingerprint density at radius 1 is 0.469 bits per heavy atom. The summed E-state index contributed by atoms with van der Waals surface area (Å²) in [7, 11) is 0. The molecule has 2 aliphatic heterocycles. The molecular formula is C30H20Sb2. The summed E-state index contributed by atoms with van der Waals surface area (Å²) >= 11 is -3.97. The van der Waals surface area contributed by atoms with E-state index in [-0.39, 0.29) is 0 Å². The molecule has 7 rings (SSSR count). The van der Waals surface area contributed by atoms with E-state index in [1.165, 1.54) is 33.4 Å². The summed E-state index contributed by atoms with van der Waals surface area (Å²) in [4.78, 5) is 0. The zero-order chi connectivity index (χ0) is 21.1. The van der Waals surface area contributed by atoms with Crippen molar-refractivity contribution in [2.75, 3.05) is 0 Å². The maximum atomic E-state index is 2.57. The zero-order valence-electron chi connectivity index (χ0n) is 17.4. The summed E-state index contributed by atoms with van der Waals surface area (Å²) in [6, 6.07) is 27.2. The SMILES string of the molecule is C1=[CH][Sb]([c]2cccc[c]2[Sb]2[CH]=CC=C3[C]2=Cc2ccccc23)[C]2=Cc3ccccc3C2=C1. The molecule has 2 aliphatic carbocycles. The summed E-state index contributed by atoms with van der Waals surface area (Å²) in [5, 5.41) is 0. The molecule has 150 valence electrons. The summed E-state index contributed by atoms with van der Waals surface area (Å²) < 4.78 is 11.7. The Morgan fingerprint density at radius 3 is 1.41 bits per heavy atom. The first-order valence-electron chi connectivity index (χ1n) is 11.0. The second-order valence-corrected chi connectivity index (χ2v) is 19.7. The van der Waals surface area contributed by atoms with Gasteiger partial charge in [0.15, 0.2) is 0 Å². The number of fused-ring (bicyclic) bond motifs is 6. The third kappa shape index (κ3) is 2.90. The van der Waals surface area contributed by atoms with E-state index in [4.69, 9.17) is 0 Å². The van der Waals surface area contributed by atoms with Crippen LogP contribution in [-0.4, -0.2) is 40.4 Å². The molecule has 0 spiro atoms. The maximum absolute atomic E-state index is 2.57. The number of hydrogen-bond donors (Lipinski definition) is 0. The van der Waals surface area contributed by atoms with Crippen LogP contribution in [0.5, 0.6) is 0 Å². The number of allylic oxidation sites excluding steroid dienone is 8. The Morgan fingerprint density at radius 2 is 0.906 bits per heavy atom. The van der Waals surface area contributed by atoms with Crippen molar-refractivity contribution in [2.24, 2.45) is 0 Å². The molecule has 3 aromatic rings.